The highest BCUT2D eigenvalue weighted by Crippen LogP contribution is 2.23. The topological polar surface area (TPSA) is 48.4 Å². The average Bonchev–Trinajstić information content (AvgIpc) is 3.10. The average molecular weight is 305 g/mol. The van der Waals surface area contributed by atoms with Gasteiger partial charge in [-0.05, 0) is 43.7 Å². The monoisotopic (exact) mass is 305 g/mol. The normalized spacial score (nSPS) is 13.0. The molecule has 0 saturated heterocycles. The maximum atomic E-state index is 4.30. The first-order chi connectivity index (χ1) is 11.1. The van der Waals surface area contributed by atoms with E-state index in [4.69, 9.17) is 0 Å². The van der Waals surface area contributed by atoms with Crippen LogP contribution in [-0.4, -0.2) is 15.3 Å². The van der Waals surface area contributed by atoms with E-state index in [0.717, 1.165) is 17.8 Å². The Labute approximate surface area is 135 Å². The molecular formula is C19H21N4+. The first-order valence-corrected chi connectivity index (χ1v) is 8.03. The lowest BCUT2D eigenvalue weighted by molar-refractivity contribution is -0.750. The van der Waals surface area contributed by atoms with Gasteiger partial charge >= 0.3 is 0 Å². The lowest BCUT2D eigenvalue weighted by atomic mass is 9.99. The Morgan fingerprint density at radius 2 is 2.00 bits per heavy atom. The van der Waals surface area contributed by atoms with E-state index in [1.807, 2.05) is 0 Å². The molecule has 2 aromatic carbocycles. The zero-order valence-corrected chi connectivity index (χ0v) is 13.7. The van der Waals surface area contributed by atoms with Crippen LogP contribution in [0.2, 0.25) is 0 Å². The summed E-state index contributed by atoms with van der Waals surface area (Å²) in [6.45, 7) is 7.39. The molecule has 4 aromatic rings. The van der Waals surface area contributed by atoms with E-state index in [1.165, 1.54) is 27.4 Å². The summed E-state index contributed by atoms with van der Waals surface area (Å²) in [5, 5.41) is 13.3. The Bertz CT molecular complexity index is 993. The Hall–Kier alpha value is -2.62. The van der Waals surface area contributed by atoms with Crippen molar-refractivity contribution in [1.82, 2.24) is 15.3 Å². The molecule has 1 atom stereocenters. The minimum absolute atomic E-state index is 0.424. The van der Waals surface area contributed by atoms with Crippen molar-refractivity contribution in [3.05, 3.63) is 59.4 Å². The van der Waals surface area contributed by atoms with Crippen LogP contribution < -0.4 is 4.68 Å². The summed E-state index contributed by atoms with van der Waals surface area (Å²) in [6, 6.07) is 13.0. The van der Waals surface area contributed by atoms with Crippen LogP contribution in [0.5, 0.6) is 0 Å². The second-order valence-electron chi connectivity index (χ2n) is 6.51. The van der Waals surface area contributed by atoms with Crippen molar-refractivity contribution in [2.45, 2.75) is 33.2 Å². The number of hydrogen-bond donors (Lipinski definition) is 2. The summed E-state index contributed by atoms with van der Waals surface area (Å²) in [7, 11) is 0. The molecule has 0 aliphatic heterocycles. The highest BCUT2D eigenvalue weighted by molar-refractivity contribution is 5.82. The molecule has 0 amide bonds. The Morgan fingerprint density at radius 3 is 2.87 bits per heavy atom. The third-order valence-corrected chi connectivity index (χ3v) is 4.57. The van der Waals surface area contributed by atoms with Crippen LogP contribution in [0.1, 0.15) is 29.7 Å². The van der Waals surface area contributed by atoms with E-state index >= 15 is 0 Å². The van der Waals surface area contributed by atoms with Gasteiger partial charge in [-0.1, -0.05) is 24.6 Å². The predicted octanol–water partition coefficient (Wildman–Crippen LogP) is 3.75. The molecule has 1 unspecified atom stereocenters. The van der Waals surface area contributed by atoms with Crippen LogP contribution in [0.4, 0.5) is 0 Å². The zero-order valence-electron chi connectivity index (χ0n) is 13.7. The van der Waals surface area contributed by atoms with E-state index in [-0.39, 0.29) is 0 Å². The number of benzene rings is 2. The van der Waals surface area contributed by atoms with Crippen molar-refractivity contribution in [1.29, 1.82) is 0 Å². The van der Waals surface area contributed by atoms with Gasteiger partial charge in [-0.3, -0.25) is 5.10 Å². The second-order valence-corrected chi connectivity index (χ2v) is 6.51. The van der Waals surface area contributed by atoms with Crippen molar-refractivity contribution in [2.24, 2.45) is 0 Å². The first kappa shape index (κ1) is 14.0. The van der Waals surface area contributed by atoms with Crippen molar-refractivity contribution in [3.8, 4) is 0 Å². The summed E-state index contributed by atoms with van der Waals surface area (Å²) < 4.78 is 2.18. The van der Waals surface area contributed by atoms with E-state index in [1.54, 1.807) is 0 Å². The predicted molar refractivity (Wildman–Crippen MR) is 92.5 cm³/mol. The summed E-state index contributed by atoms with van der Waals surface area (Å²) in [5.74, 6) is 0.424. The molecule has 0 spiro atoms. The fourth-order valence-electron chi connectivity index (χ4n) is 3.21. The van der Waals surface area contributed by atoms with Gasteiger partial charge in [0.15, 0.2) is 6.54 Å². The molecule has 4 nitrogen and oxygen atoms in total. The third kappa shape index (κ3) is 2.50. The fourth-order valence-corrected chi connectivity index (χ4v) is 3.21. The van der Waals surface area contributed by atoms with Crippen LogP contribution in [0.25, 0.3) is 21.8 Å². The number of fused-ring (bicyclic) bond motifs is 2. The maximum Gasteiger partial charge on any atom is 0.203 e. The number of rotatable bonds is 3. The minimum Gasteiger partial charge on any atom is -0.282 e. The number of aromatic nitrogens is 4. The van der Waals surface area contributed by atoms with Gasteiger partial charge < -0.3 is 0 Å². The summed E-state index contributed by atoms with van der Waals surface area (Å²) >= 11 is 0. The molecule has 0 saturated carbocycles. The molecule has 0 fully saturated rings. The SMILES string of the molecule is Cc1ccc2[nH][n+](CC(C)c3ccc4n[nH]c(C)c4c3)cc2c1. The Morgan fingerprint density at radius 1 is 1.13 bits per heavy atom. The third-order valence-electron chi connectivity index (χ3n) is 4.57. The molecule has 4 heteroatoms. The Kier molecular flexibility index (Phi) is 3.18. The van der Waals surface area contributed by atoms with E-state index in [9.17, 15) is 0 Å². The Balaban J connectivity index is 1.64. The van der Waals surface area contributed by atoms with Gasteiger partial charge in [0.1, 0.15) is 5.52 Å². The van der Waals surface area contributed by atoms with Gasteiger partial charge in [0.2, 0.25) is 6.20 Å². The number of H-pyrrole nitrogens is 2. The van der Waals surface area contributed by atoms with E-state index in [0.29, 0.717) is 5.92 Å². The summed E-state index contributed by atoms with van der Waals surface area (Å²) in [4.78, 5) is 0. The molecule has 0 aliphatic rings. The van der Waals surface area contributed by atoms with E-state index in [2.05, 4.69) is 83.3 Å². The lowest BCUT2D eigenvalue weighted by Crippen LogP contribution is -2.37. The molecule has 0 radical (unpaired) electrons. The molecule has 23 heavy (non-hydrogen) atoms. The van der Waals surface area contributed by atoms with Gasteiger partial charge in [-0.25, -0.2) is 0 Å². The molecule has 2 heterocycles. The van der Waals surface area contributed by atoms with Gasteiger partial charge in [0.05, 0.1) is 10.9 Å². The maximum absolute atomic E-state index is 4.30. The van der Waals surface area contributed by atoms with Gasteiger partial charge in [-0.15, -0.1) is 4.68 Å². The van der Waals surface area contributed by atoms with Crippen molar-refractivity contribution >= 4 is 21.8 Å². The van der Waals surface area contributed by atoms with Crippen LogP contribution in [-0.2, 0) is 6.54 Å². The molecule has 4 rings (SSSR count). The highest BCUT2D eigenvalue weighted by atomic mass is 15.3. The summed E-state index contributed by atoms with van der Waals surface area (Å²) in [5.41, 5.74) is 5.97. The molecule has 2 N–H and O–H groups in total. The largest absolute Gasteiger partial charge is 0.282 e. The van der Waals surface area contributed by atoms with Crippen molar-refractivity contribution < 1.29 is 4.68 Å². The van der Waals surface area contributed by atoms with Gasteiger partial charge in [-0.2, -0.15) is 10.2 Å². The van der Waals surface area contributed by atoms with E-state index < -0.39 is 0 Å². The quantitative estimate of drug-likeness (QED) is 0.556. The van der Waals surface area contributed by atoms with Crippen LogP contribution in [0, 0.1) is 13.8 Å². The molecule has 0 bridgehead atoms. The fraction of sp³-hybridized carbons (Fsp3) is 0.263. The van der Waals surface area contributed by atoms with Crippen LogP contribution >= 0.6 is 0 Å². The van der Waals surface area contributed by atoms with Gasteiger partial charge in [0, 0.05) is 17.0 Å². The smallest absolute Gasteiger partial charge is 0.203 e. The summed E-state index contributed by atoms with van der Waals surface area (Å²) in [6.07, 6.45) is 2.19. The highest BCUT2D eigenvalue weighted by Gasteiger charge is 2.15. The van der Waals surface area contributed by atoms with Gasteiger partial charge in [0.25, 0.3) is 0 Å². The first-order valence-electron chi connectivity index (χ1n) is 8.03. The van der Waals surface area contributed by atoms with Crippen LogP contribution in [0.15, 0.2) is 42.6 Å². The molecule has 116 valence electrons. The number of hydrogen-bond acceptors (Lipinski definition) is 1. The standard InChI is InChI=1S/C19H20N4/c1-12-4-6-18-16(8-12)11-23(22-18)10-13(2)15-5-7-19-17(9-15)14(3)20-21-19/h4-9,11,13H,10H2,1-3H3,(H,20,21)/p+1. The number of nitrogens with zero attached hydrogens (tertiary/aromatic N) is 2. The molecular weight excluding hydrogens is 284 g/mol. The lowest BCUT2D eigenvalue weighted by Gasteiger charge is -2.07. The number of nitrogens with one attached hydrogen (secondary N) is 2. The van der Waals surface area contributed by atoms with Crippen LogP contribution in [0.3, 0.4) is 0 Å². The van der Waals surface area contributed by atoms with Crippen molar-refractivity contribution in [2.75, 3.05) is 0 Å². The second kappa shape index (κ2) is 5.23. The molecule has 2 aromatic heterocycles. The zero-order chi connectivity index (χ0) is 16.0. The number of aromatic amines is 2. The number of aryl methyl sites for hydroxylation is 2. The van der Waals surface area contributed by atoms with Crippen molar-refractivity contribution in [3.63, 3.8) is 0 Å². The molecule has 0 aliphatic carbocycles. The minimum atomic E-state index is 0.424.